The molecular weight excluding hydrogens is 249 g/mol. The Kier molecular flexibility index (Phi) is 5.74. The molecule has 1 rings (SSSR count). The third-order valence-electron chi connectivity index (χ3n) is 1.89. The van der Waals surface area contributed by atoms with Crippen LogP contribution in [0.15, 0.2) is 12.1 Å². The molecule has 0 aromatic heterocycles. The highest BCUT2D eigenvalue weighted by molar-refractivity contribution is 6.42. The Bertz CT molecular complexity index is 345. The summed E-state index contributed by atoms with van der Waals surface area (Å²) in [6.45, 7) is 3.77. The Labute approximate surface area is 105 Å². The zero-order valence-corrected chi connectivity index (χ0v) is 10.6. The van der Waals surface area contributed by atoms with Crippen LogP contribution in [0.25, 0.3) is 0 Å². The Morgan fingerprint density at radius 1 is 1.12 bits per heavy atom. The minimum absolute atomic E-state index is 0.425. The molecule has 0 spiro atoms. The number of nitrogens with two attached hydrogens (primary N) is 1. The molecule has 0 saturated carbocycles. The second-order valence-corrected chi connectivity index (χ2v) is 4.08. The summed E-state index contributed by atoms with van der Waals surface area (Å²) in [6.07, 6.45) is 0.995. The van der Waals surface area contributed by atoms with Gasteiger partial charge in [-0.05, 0) is 12.5 Å². The minimum Gasteiger partial charge on any atom is -0.489 e. The quantitative estimate of drug-likeness (QED) is 0.632. The maximum Gasteiger partial charge on any atom is 0.143 e. The monoisotopic (exact) mass is 263 g/mol. The van der Waals surface area contributed by atoms with Crippen LogP contribution in [0.1, 0.15) is 13.3 Å². The van der Waals surface area contributed by atoms with Gasteiger partial charge in [-0.1, -0.05) is 30.1 Å². The highest BCUT2D eigenvalue weighted by atomic mass is 35.5. The van der Waals surface area contributed by atoms with Gasteiger partial charge in [-0.15, -0.1) is 0 Å². The lowest BCUT2D eigenvalue weighted by Crippen LogP contribution is -2.08. The van der Waals surface area contributed by atoms with Gasteiger partial charge in [0, 0.05) is 12.7 Å². The number of nitrogen functional groups attached to an aromatic ring is 1. The molecule has 2 N–H and O–H groups in total. The normalized spacial score (nSPS) is 10.4. The summed E-state index contributed by atoms with van der Waals surface area (Å²) in [5.41, 5.74) is 6.20. The number of benzene rings is 1. The molecule has 0 aliphatic heterocycles. The predicted molar refractivity (Wildman–Crippen MR) is 67.5 cm³/mol. The Balaban J connectivity index is 2.45. The first-order valence-corrected chi connectivity index (χ1v) is 5.85. The van der Waals surface area contributed by atoms with Crippen LogP contribution < -0.4 is 10.5 Å². The van der Waals surface area contributed by atoms with Gasteiger partial charge < -0.3 is 15.2 Å². The number of hydrogen-bond donors (Lipinski definition) is 1. The van der Waals surface area contributed by atoms with E-state index in [1.807, 2.05) is 0 Å². The topological polar surface area (TPSA) is 44.5 Å². The molecule has 0 saturated heterocycles. The van der Waals surface area contributed by atoms with Crippen LogP contribution in [-0.2, 0) is 4.74 Å². The smallest absolute Gasteiger partial charge is 0.143 e. The molecule has 0 atom stereocenters. The summed E-state index contributed by atoms with van der Waals surface area (Å²) in [5, 5.41) is 0.856. The molecule has 16 heavy (non-hydrogen) atoms. The number of halogens is 2. The van der Waals surface area contributed by atoms with Crippen LogP contribution in [0, 0.1) is 0 Å². The number of anilines is 1. The van der Waals surface area contributed by atoms with Crippen molar-refractivity contribution in [1.82, 2.24) is 0 Å². The fourth-order valence-corrected chi connectivity index (χ4v) is 1.45. The standard InChI is InChI=1S/C11H15Cl2NO2/c1-2-3-15-4-5-16-11-7-9(13)8(12)6-10(11)14/h6-7H,2-5,14H2,1H3. The van der Waals surface area contributed by atoms with Crippen molar-refractivity contribution in [3.05, 3.63) is 22.2 Å². The summed E-state index contributed by atoms with van der Waals surface area (Å²) in [5.74, 6) is 0.537. The van der Waals surface area contributed by atoms with E-state index in [0.717, 1.165) is 13.0 Å². The van der Waals surface area contributed by atoms with E-state index in [9.17, 15) is 0 Å². The fraction of sp³-hybridized carbons (Fsp3) is 0.455. The van der Waals surface area contributed by atoms with E-state index >= 15 is 0 Å². The van der Waals surface area contributed by atoms with Gasteiger partial charge in [0.15, 0.2) is 0 Å². The summed E-state index contributed by atoms with van der Waals surface area (Å²) in [4.78, 5) is 0. The zero-order chi connectivity index (χ0) is 12.0. The SMILES string of the molecule is CCCOCCOc1cc(Cl)c(Cl)cc1N. The Morgan fingerprint density at radius 3 is 2.50 bits per heavy atom. The van der Waals surface area contributed by atoms with Gasteiger partial charge in [0.25, 0.3) is 0 Å². The molecule has 1 aromatic rings. The van der Waals surface area contributed by atoms with E-state index in [4.69, 9.17) is 38.4 Å². The lowest BCUT2D eigenvalue weighted by atomic mass is 10.3. The van der Waals surface area contributed by atoms with Crippen molar-refractivity contribution in [1.29, 1.82) is 0 Å². The van der Waals surface area contributed by atoms with Crippen molar-refractivity contribution < 1.29 is 9.47 Å². The lowest BCUT2D eigenvalue weighted by molar-refractivity contribution is 0.101. The first kappa shape index (κ1) is 13.4. The fourth-order valence-electron chi connectivity index (χ4n) is 1.13. The van der Waals surface area contributed by atoms with Crippen molar-refractivity contribution >= 4 is 28.9 Å². The second-order valence-electron chi connectivity index (χ2n) is 3.26. The van der Waals surface area contributed by atoms with E-state index in [1.54, 1.807) is 12.1 Å². The van der Waals surface area contributed by atoms with Gasteiger partial charge in [-0.3, -0.25) is 0 Å². The van der Waals surface area contributed by atoms with Crippen molar-refractivity contribution in [2.24, 2.45) is 0 Å². The van der Waals surface area contributed by atoms with E-state index < -0.39 is 0 Å². The van der Waals surface area contributed by atoms with Gasteiger partial charge >= 0.3 is 0 Å². The molecule has 0 aliphatic carbocycles. The van der Waals surface area contributed by atoms with Crippen molar-refractivity contribution in [3.63, 3.8) is 0 Å². The van der Waals surface area contributed by atoms with E-state index in [-0.39, 0.29) is 0 Å². The molecule has 0 heterocycles. The van der Waals surface area contributed by atoms with Crippen molar-refractivity contribution in [2.75, 3.05) is 25.6 Å². The Morgan fingerprint density at radius 2 is 1.81 bits per heavy atom. The summed E-state index contributed by atoms with van der Waals surface area (Å²) in [6, 6.07) is 3.19. The predicted octanol–water partition coefficient (Wildman–Crippen LogP) is 3.38. The highest BCUT2D eigenvalue weighted by Gasteiger charge is 2.05. The van der Waals surface area contributed by atoms with Crippen LogP contribution in [0.5, 0.6) is 5.75 Å². The zero-order valence-electron chi connectivity index (χ0n) is 9.13. The van der Waals surface area contributed by atoms with Crippen LogP contribution in [0.3, 0.4) is 0 Å². The van der Waals surface area contributed by atoms with Crippen LogP contribution in [0.4, 0.5) is 5.69 Å². The molecule has 0 unspecified atom stereocenters. The molecular formula is C11H15Cl2NO2. The Hall–Kier alpha value is -0.640. The molecule has 0 radical (unpaired) electrons. The summed E-state index contributed by atoms with van der Waals surface area (Å²) >= 11 is 11.6. The first-order chi connectivity index (χ1) is 7.65. The summed E-state index contributed by atoms with van der Waals surface area (Å²) in [7, 11) is 0. The molecule has 0 amide bonds. The van der Waals surface area contributed by atoms with Crippen molar-refractivity contribution in [3.8, 4) is 5.75 Å². The van der Waals surface area contributed by atoms with Crippen LogP contribution >= 0.6 is 23.2 Å². The minimum atomic E-state index is 0.425. The first-order valence-electron chi connectivity index (χ1n) is 5.10. The lowest BCUT2D eigenvalue weighted by Gasteiger charge is -2.10. The number of ether oxygens (including phenoxy) is 2. The van der Waals surface area contributed by atoms with Crippen LogP contribution in [-0.4, -0.2) is 19.8 Å². The molecule has 5 heteroatoms. The molecule has 1 aromatic carbocycles. The highest BCUT2D eigenvalue weighted by Crippen LogP contribution is 2.32. The number of hydrogen-bond acceptors (Lipinski definition) is 3. The second kappa shape index (κ2) is 6.84. The van der Waals surface area contributed by atoms with Gasteiger partial charge in [-0.25, -0.2) is 0 Å². The van der Waals surface area contributed by atoms with Gasteiger partial charge in [-0.2, -0.15) is 0 Å². The van der Waals surface area contributed by atoms with Gasteiger partial charge in [0.2, 0.25) is 0 Å². The average molecular weight is 264 g/mol. The van der Waals surface area contributed by atoms with Crippen molar-refractivity contribution in [2.45, 2.75) is 13.3 Å². The third kappa shape index (κ3) is 4.08. The van der Waals surface area contributed by atoms with E-state index in [2.05, 4.69) is 6.92 Å². The maximum absolute atomic E-state index is 5.85. The molecule has 90 valence electrons. The largest absolute Gasteiger partial charge is 0.489 e. The number of rotatable bonds is 6. The molecule has 3 nitrogen and oxygen atoms in total. The van der Waals surface area contributed by atoms with Crippen LogP contribution in [0.2, 0.25) is 10.0 Å². The van der Waals surface area contributed by atoms with E-state index in [0.29, 0.717) is 34.7 Å². The summed E-state index contributed by atoms with van der Waals surface area (Å²) < 4.78 is 10.7. The average Bonchev–Trinajstić information content (AvgIpc) is 2.25. The molecule has 0 bridgehead atoms. The van der Waals surface area contributed by atoms with Gasteiger partial charge in [0.1, 0.15) is 12.4 Å². The van der Waals surface area contributed by atoms with E-state index in [1.165, 1.54) is 0 Å². The van der Waals surface area contributed by atoms with Gasteiger partial charge in [0.05, 0.1) is 22.3 Å². The molecule has 0 fully saturated rings. The third-order valence-corrected chi connectivity index (χ3v) is 2.61. The molecule has 0 aliphatic rings. The maximum atomic E-state index is 5.85.